The van der Waals surface area contributed by atoms with Crippen molar-refractivity contribution in [3.8, 4) is 0 Å². The molecule has 0 radical (unpaired) electrons. The summed E-state index contributed by atoms with van der Waals surface area (Å²) in [7, 11) is 0. The van der Waals surface area contributed by atoms with Crippen LogP contribution in [0.15, 0.2) is 0 Å². The first-order valence-corrected chi connectivity index (χ1v) is 7.13. The number of alkyl halides is 1. The van der Waals surface area contributed by atoms with Gasteiger partial charge in [0, 0.05) is 11.8 Å². The number of nitrogens with one attached hydrogen (secondary N) is 1. The molecule has 3 atom stereocenters. The highest BCUT2D eigenvalue weighted by atomic mass is 19.1. The van der Waals surface area contributed by atoms with Crippen LogP contribution in [0, 0.1) is 11.8 Å². The molecule has 2 aliphatic rings. The first kappa shape index (κ1) is 12.3. The highest BCUT2D eigenvalue weighted by molar-refractivity contribution is 4.72. The second kappa shape index (κ2) is 5.48. The molecule has 1 N–H and O–H groups in total. The van der Waals surface area contributed by atoms with E-state index in [0.717, 1.165) is 43.6 Å². The third kappa shape index (κ3) is 3.19. The van der Waals surface area contributed by atoms with Gasteiger partial charge in [0.2, 0.25) is 0 Å². The highest BCUT2D eigenvalue weighted by Crippen LogP contribution is 2.25. The molecule has 0 aromatic heterocycles. The van der Waals surface area contributed by atoms with E-state index in [-0.39, 0.29) is 0 Å². The van der Waals surface area contributed by atoms with Crippen LogP contribution >= 0.6 is 0 Å². The zero-order valence-corrected chi connectivity index (χ0v) is 10.8. The minimum absolute atomic E-state index is 0.496. The van der Waals surface area contributed by atoms with E-state index in [2.05, 4.69) is 13.8 Å². The zero-order valence-electron chi connectivity index (χ0n) is 10.8. The summed E-state index contributed by atoms with van der Waals surface area (Å²) in [5, 5.41) is 0. The van der Waals surface area contributed by atoms with Crippen molar-refractivity contribution in [2.75, 3.05) is 13.1 Å². The Morgan fingerprint density at radius 3 is 2.38 bits per heavy atom. The Balaban J connectivity index is 1.79. The van der Waals surface area contributed by atoms with Gasteiger partial charge >= 0.3 is 0 Å². The number of rotatable bonds is 2. The Hall–Kier alpha value is -0.110. The van der Waals surface area contributed by atoms with Crippen molar-refractivity contribution in [2.24, 2.45) is 11.8 Å². The van der Waals surface area contributed by atoms with Gasteiger partial charge in [-0.15, -0.1) is 0 Å². The minimum Gasteiger partial charge on any atom is -0.332 e. The van der Waals surface area contributed by atoms with Crippen LogP contribution in [0.4, 0.5) is 4.39 Å². The lowest BCUT2D eigenvalue weighted by Gasteiger charge is -2.37. The van der Waals surface area contributed by atoms with Crippen LogP contribution < -0.4 is 4.90 Å². The fraction of sp³-hybridized carbons (Fsp3) is 1.00. The smallest absolute Gasteiger partial charge is 0.100 e. The summed E-state index contributed by atoms with van der Waals surface area (Å²) in [5.41, 5.74) is 0. The van der Waals surface area contributed by atoms with E-state index in [4.69, 9.17) is 0 Å². The van der Waals surface area contributed by atoms with Gasteiger partial charge < -0.3 is 4.90 Å². The number of piperidine rings is 1. The molecule has 1 aliphatic carbocycles. The maximum absolute atomic E-state index is 13.1. The molecule has 0 aromatic rings. The van der Waals surface area contributed by atoms with Crippen LogP contribution in [0.2, 0.25) is 0 Å². The van der Waals surface area contributed by atoms with Crippen molar-refractivity contribution in [3.05, 3.63) is 0 Å². The molecule has 2 rings (SSSR count). The van der Waals surface area contributed by atoms with Crippen molar-refractivity contribution < 1.29 is 9.29 Å². The van der Waals surface area contributed by atoms with E-state index >= 15 is 0 Å². The molecule has 16 heavy (non-hydrogen) atoms. The van der Waals surface area contributed by atoms with Gasteiger partial charge in [0.25, 0.3) is 0 Å². The summed E-state index contributed by atoms with van der Waals surface area (Å²) in [5.74, 6) is 1.69. The molecule has 0 bridgehead atoms. The summed E-state index contributed by atoms with van der Waals surface area (Å²) in [6.45, 7) is 7.42. The van der Waals surface area contributed by atoms with Crippen LogP contribution in [0.25, 0.3) is 0 Å². The fourth-order valence-corrected chi connectivity index (χ4v) is 3.47. The summed E-state index contributed by atoms with van der Waals surface area (Å²) in [6, 6.07) is 0.833. The van der Waals surface area contributed by atoms with Gasteiger partial charge in [0.05, 0.1) is 19.1 Å². The average Bonchev–Trinajstić information content (AvgIpc) is 2.27. The zero-order chi connectivity index (χ0) is 11.5. The molecule has 2 heteroatoms. The molecular weight excluding hydrogens is 201 g/mol. The van der Waals surface area contributed by atoms with Crippen LogP contribution in [-0.2, 0) is 0 Å². The molecule has 0 spiro atoms. The summed E-state index contributed by atoms with van der Waals surface area (Å²) >= 11 is 0. The van der Waals surface area contributed by atoms with Crippen LogP contribution in [0.3, 0.4) is 0 Å². The lowest BCUT2D eigenvalue weighted by Crippen LogP contribution is -3.17. The first-order chi connectivity index (χ1) is 7.65. The molecule has 1 saturated carbocycles. The SMILES string of the molecule is CC1CCC(C)[NH+](CC2CCC(F)CC2)C1. The highest BCUT2D eigenvalue weighted by Gasteiger charge is 2.30. The maximum Gasteiger partial charge on any atom is 0.100 e. The van der Waals surface area contributed by atoms with Crippen molar-refractivity contribution >= 4 is 0 Å². The van der Waals surface area contributed by atoms with Crippen LogP contribution in [0.5, 0.6) is 0 Å². The lowest BCUT2D eigenvalue weighted by molar-refractivity contribution is -0.935. The van der Waals surface area contributed by atoms with Gasteiger partial charge in [0.1, 0.15) is 6.17 Å². The van der Waals surface area contributed by atoms with E-state index in [1.807, 2.05) is 0 Å². The number of likely N-dealkylation sites (tertiary alicyclic amines) is 1. The second-order valence-electron chi connectivity index (χ2n) is 6.27. The largest absolute Gasteiger partial charge is 0.332 e. The van der Waals surface area contributed by atoms with Gasteiger partial charge in [-0.25, -0.2) is 4.39 Å². The van der Waals surface area contributed by atoms with Gasteiger partial charge in [0.15, 0.2) is 0 Å². The normalized spacial score (nSPS) is 45.6. The monoisotopic (exact) mass is 228 g/mol. The molecule has 0 aromatic carbocycles. The molecule has 1 heterocycles. The number of quaternary nitrogens is 1. The Morgan fingerprint density at radius 1 is 1.00 bits per heavy atom. The van der Waals surface area contributed by atoms with E-state index in [0.29, 0.717) is 0 Å². The van der Waals surface area contributed by atoms with E-state index in [1.165, 1.54) is 25.9 Å². The van der Waals surface area contributed by atoms with Crippen molar-refractivity contribution in [1.82, 2.24) is 0 Å². The van der Waals surface area contributed by atoms with Crippen LogP contribution in [-0.4, -0.2) is 25.3 Å². The maximum atomic E-state index is 13.1. The van der Waals surface area contributed by atoms with Gasteiger partial charge in [-0.05, 0) is 45.4 Å². The predicted molar refractivity (Wildman–Crippen MR) is 65.4 cm³/mol. The summed E-state index contributed by atoms with van der Waals surface area (Å²) < 4.78 is 13.1. The first-order valence-electron chi connectivity index (χ1n) is 7.13. The molecular formula is C14H27FN+. The number of halogens is 1. The van der Waals surface area contributed by atoms with Gasteiger partial charge in [-0.3, -0.25) is 0 Å². The third-order valence-corrected chi connectivity index (χ3v) is 4.73. The Kier molecular flexibility index (Phi) is 4.23. The fourth-order valence-electron chi connectivity index (χ4n) is 3.47. The molecule has 0 amide bonds. The van der Waals surface area contributed by atoms with Crippen molar-refractivity contribution in [3.63, 3.8) is 0 Å². The molecule has 1 aliphatic heterocycles. The number of hydrogen-bond donors (Lipinski definition) is 1. The second-order valence-corrected chi connectivity index (χ2v) is 6.27. The van der Waals surface area contributed by atoms with Crippen molar-refractivity contribution in [2.45, 2.75) is 64.6 Å². The molecule has 1 nitrogen and oxygen atoms in total. The van der Waals surface area contributed by atoms with E-state index < -0.39 is 6.17 Å². The van der Waals surface area contributed by atoms with E-state index in [1.54, 1.807) is 4.90 Å². The minimum atomic E-state index is -0.496. The van der Waals surface area contributed by atoms with Gasteiger partial charge in [-0.1, -0.05) is 6.92 Å². The third-order valence-electron chi connectivity index (χ3n) is 4.73. The summed E-state index contributed by atoms with van der Waals surface area (Å²) in [6.07, 6.45) is 6.20. The Morgan fingerprint density at radius 2 is 1.69 bits per heavy atom. The molecule has 94 valence electrons. The summed E-state index contributed by atoms with van der Waals surface area (Å²) in [4.78, 5) is 1.79. The number of hydrogen-bond acceptors (Lipinski definition) is 0. The lowest BCUT2D eigenvalue weighted by atomic mass is 9.86. The van der Waals surface area contributed by atoms with Crippen molar-refractivity contribution in [1.29, 1.82) is 0 Å². The van der Waals surface area contributed by atoms with Gasteiger partial charge in [-0.2, -0.15) is 0 Å². The topological polar surface area (TPSA) is 4.44 Å². The molecule has 3 unspecified atom stereocenters. The van der Waals surface area contributed by atoms with E-state index in [9.17, 15) is 4.39 Å². The quantitative estimate of drug-likeness (QED) is 0.739. The molecule has 2 fully saturated rings. The average molecular weight is 228 g/mol. The Labute approximate surface area is 99.4 Å². The standard InChI is InChI=1S/C14H26FN/c1-11-3-4-12(2)16(9-11)10-13-5-7-14(15)8-6-13/h11-14H,3-10H2,1-2H3/p+1. The molecule has 1 saturated heterocycles. The Bertz CT molecular complexity index is 211. The predicted octanol–water partition coefficient (Wildman–Crippen LogP) is 2.22. The van der Waals surface area contributed by atoms with Crippen LogP contribution in [0.1, 0.15) is 52.4 Å².